The van der Waals surface area contributed by atoms with Crippen molar-refractivity contribution in [1.82, 2.24) is 15.1 Å². The third kappa shape index (κ3) is 3.86. The number of nitrogens with one attached hydrogen (secondary N) is 1. The molecule has 0 fully saturated rings. The highest BCUT2D eigenvalue weighted by Crippen LogP contribution is 2.34. The van der Waals surface area contributed by atoms with Gasteiger partial charge < -0.3 is 9.73 Å². The number of carbonyl (C=O) groups is 2. The standard InChI is InChI=1S/C25H20ClFN4O3/c1-25(24(33)28-14-16-4-2-5-18(27)12-16)15-30-21(13-20(29-30)22-6-3-11-34-22)23(32)31(25)19-9-7-17(26)8-10-19/h2-13H,14-15H2,1H3,(H,28,33)/t25-/m1/s1. The molecule has 172 valence electrons. The summed E-state index contributed by atoms with van der Waals surface area (Å²) in [6.07, 6.45) is 1.53. The topological polar surface area (TPSA) is 80.4 Å². The Kier molecular flexibility index (Phi) is 5.45. The van der Waals surface area contributed by atoms with Crippen LogP contribution in [0.25, 0.3) is 11.5 Å². The van der Waals surface area contributed by atoms with Crippen molar-refractivity contribution in [2.45, 2.75) is 25.6 Å². The van der Waals surface area contributed by atoms with E-state index in [2.05, 4.69) is 10.4 Å². The number of amides is 2. The lowest BCUT2D eigenvalue weighted by Gasteiger charge is -2.43. The summed E-state index contributed by atoms with van der Waals surface area (Å²) in [6, 6.07) is 17.8. The number of furan rings is 1. The van der Waals surface area contributed by atoms with Crippen LogP contribution in [0.2, 0.25) is 5.02 Å². The van der Waals surface area contributed by atoms with Crippen LogP contribution in [-0.4, -0.2) is 27.1 Å². The molecule has 1 atom stereocenters. The minimum Gasteiger partial charge on any atom is -0.463 e. The smallest absolute Gasteiger partial charge is 0.277 e. The van der Waals surface area contributed by atoms with Crippen LogP contribution in [0.3, 0.4) is 0 Å². The first-order chi connectivity index (χ1) is 16.3. The van der Waals surface area contributed by atoms with Gasteiger partial charge in [-0.1, -0.05) is 23.7 Å². The van der Waals surface area contributed by atoms with E-state index in [0.717, 1.165) is 0 Å². The summed E-state index contributed by atoms with van der Waals surface area (Å²) in [5.41, 5.74) is 0.630. The van der Waals surface area contributed by atoms with E-state index in [-0.39, 0.29) is 24.8 Å². The van der Waals surface area contributed by atoms with Gasteiger partial charge in [-0.15, -0.1) is 0 Å². The zero-order valence-electron chi connectivity index (χ0n) is 18.2. The van der Waals surface area contributed by atoms with Crippen molar-refractivity contribution in [2.24, 2.45) is 0 Å². The molecular weight excluding hydrogens is 459 g/mol. The van der Waals surface area contributed by atoms with Crippen LogP contribution < -0.4 is 10.2 Å². The van der Waals surface area contributed by atoms with Gasteiger partial charge in [0.2, 0.25) is 5.91 Å². The number of halogens is 2. The lowest BCUT2D eigenvalue weighted by atomic mass is 9.94. The summed E-state index contributed by atoms with van der Waals surface area (Å²) in [4.78, 5) is 28.7. The molecular formula is C25H20ClFN4O3. The molecule has 0 saturated heterocycles. The van der Waals surface area contributed by atoms with E-state index in [1.807, 2.05) is 0 Å². The molecule has 0 unspecified atom stereocenters. The van der Waals surface area contributed by atoms with Gasteiger partial charge in [0.25, 0.3) is 5.91 Å². The van der Waals surface area contributed by atoms with E-state index in [9.17, 15) is 14.0 Å². The maximum Gasteiger partial charge on any atom is 0.277 e. The fraction of sp³-hybridized carbons (Fsp3) is 0.160. The molecule has 34 heavy (non-hydrogen) atoms. The second kappa shape index (κ2) is 8.46. The fourth-order valence-electron chi connectivity index (χ4n) is 4.14. The Morgan fingerprint density at radius 3 is 2.68 bits per heavy atom. The van der Waals surface area contributed by atoms with E-state index < -0.39 is 11.4 Å². The summed E-state index contributed by atoms with van der Waals surface area (Å²) in [5, 5.41) is 7.88. The van der Waals surface area contributed by atoms with Gasteiger partial charge in [0.15, 0.2) is 5.76 Å². The van der Waals surface area contributed by atoms with E-state index >= 15 is 0 Å². The largest absolute Gasteiger partial charge is 0.463 e. The molecule has 0 spiro atoms. The highest BCUT2D eigenvalue weighted by Gasteiger charge is 2.49. The third-order valence-electron chi connectivity index (χ3n) is 5.84. The number of hydrogen-bond donors (Lipinski definition) is 1. The highest BCUT2D eigenvalue weighted by molar-refractivity contribution is 6.30. The van der Waals surface area contributed by atoms with Crippen molar-refractivity contribution >= 4 is 29.1 Å². The zero-order chi connectivity index (χ0) is 23.9. The van der Waals surface area contributed by atoms with Crippen molar-refractivity contribution in [3.63, 3.8) is 0 Å². The summed E-state index contributed by atoms with van der Waals surface area (Å²) in [6.45, 7) is 1.89. The molecule has 0 radical (unpaired) electrons. The average molecular weight is 479 g/mol. The Hall–Kier alpha value is -3.91. The second-order valence-corrected chi connectivity index (χ2v) is 8.69. The normalized spacial score (nSPS) is 17.5. The minimum atomic E-state index is -1.32. The van der Waals surface area contributed by atoms with Gasteiger partial charge in [-0.2, -0.15) is 5.10 Å². The van der Waals surface area contributed by atoms with Crippen LogP contribution in [-0.2, 0) is 17.9 Å². The Bertz CT molecular complexity index is 1370. The van der Waals surface area contributed by atoms with Crippen LogP contribution in [0.15, 0.2) is 77.4 Å². The number of fused-ring (bicyclic) bond motifs is 1. The first-order valence-electron chi connectivity index (χ1n) is 10.6. The number of carbonyl (C=O) groups excluding carboxylic acids is 2. The molecule has 1 N–H and O–H groups in total. The predicted octanol–water partition coefficient (Wildman–Crippen LogP) is 4.67. The van der Waals surface area contributed by atoms with Gasteiger partial charge in [-0.05, 0) is 61.0 Å². The fourth-order valence-corrected chi connectivity index (χ4v) is 4.27. The Labute approximate surface area is 199 Å². The van der Waals surface area contributed by atoms with Gasteiger partial charge in [0.05, 0.1) is 12.8 Å². The molecule has 2 amide bonds. The van der Waals surface area contributed by atoms with E-state index in [1.54, 1.807) is 61.5 Å². The number of rotatable bonds is 5. The highest BCUT2D eigenvalue weighted by atomic mass is 35.5. The van der Waals surface area contributed by atoms with Gasteiger partial charge in [-0.3, -0.25) is 19.2 Å². The first-order valence-corrected chi connectivity index (χ1v) is 11.0. The Morgan fingerprint density at radius 2 is 1.97 bits per heavy atom. The minimum absolute atomic E-state index is 0.104. The predicted molar refractivity (Wildman–Crippen MR) is 125 cm³/mol. The molecule has 2 aromatic heterocycles. The van der Waals surface area contributed by atoms with Crippen molar-refractivity contribution in [1.29, 1.82) is 0 Å². The molecule has 0 saturated carbocycles. The number of nitrogens with zero attached hydrogens (tertiary/aromatic N) is 3. The molecule has 7 nitrogen and oxygen atoms in total. The summed E-state index contributed by atoms with van der Waals surface area (Å²) < 4.78 is 20.5. The van der Waals surface area contributed by atoms with Crippen molar-refractivity contribution < 1.29 is 18.4 Å². The summed E-state index contributed by atoms with van der Waals surface area (Å²) in [5.74, 6) is -0.659. The first kappa shape index (κ1) is 21.9. The van der Waals surface area contributed by atoms with Crippen molar-refractivity contribution in [3.8, 4) is 11.5 Å². The Morgan fingerprint density at radius 1 is 1.18 bits per heavy atom. The number of anilines is 1. The van der Waals surface area contributed by atoms with Crippen LogP contribution in [0.5, 0.6) is 0 Å². The van der Waals surface area contributed by atoms with Crippen LogP contribution in [0.4, 0.5) is 10.1 Å². The van der Waals surface area contributed by atoms with Gasteiger partial charge >= 0.3 is 0 Å². The summed E-state index contributed by atoms with van der Waals surface area (Å²) in [7, 11) is 0. The van der Waals surface area contributed by atoms with Gasteiger partial charge in [0, 0.05) is 23.3 Å². The molecule has 1 aliphatic heterocycles. The van der Waals surface area contributed by atoms with E-state index in [4.69, 9.17) is 16.0 Å². The quantitative estimate of drug-likeness (QED) is 0.452. The molecule has 2 aromatic carbocycles. The number of hydrogen-bond acceptors (Lipinski definition) is 4. The second-order valence-electron chi connectivity index (χ2n) is 8.25. The third-order valence-corrected chi connectivity index (χ3v) is 6.10. The van der Waals surface area contributed by atoms with Crippen LogP contribution in [0.1, 0.15) is 23.0 Å². The number of benzene rings is 2. The molecule has 0 aliphatic carbocycles. The molecule has 1 aliphatic rings. The maximum absolute atomic E-state index is 13.7. The zero-order valence-corrected chi connectivity index (χ0v) is 18.9. The van der Waals surface area contributed by atoms with Crippen LogP contribution in [0, 0.1) is 5.82 Å². The molecule has 4 aromatic rings. The van der Waals surface area contributed by atoms with Gasteiger partial charge in [0.1, 0.15) is 22.7 Å². The van der Waals surface area contributed by atoms with Crippen LogP contribution >= 0.6 is 11.6 Å². The monoisotopic (exact) mass is 478 g/mol. The van der Waals surface area contributed by atoms with Crippen molar-refractivity contribution in [2.75, 3.05) is 4.90 Å². The molecule has 9 heteroatoms. The maximum atomic E-state index is 13.7. The van der Waals surface area contributed by atoms with Crippen molar-refractivity contribution in [3.05, 3.63) is 95.1 Å². The molecule has 0 bridgehead atoms. The lowest BCUT2D eigenvalue weighted by Crippen LogP contribution is -2.64. The Balaban J connectivity index is 1.53. The van der Waals surface area contributed by atoms with Gasteiger partial charge in [-0.25, -0.2) is 4.39 Å². The molecule has 5 rings (SSSR count). The van der Waals surface area contributed by atoms with E-state index in [1.165, 1.54) is 28.0 Å². The SMILES string of the molecule is C[C@]1(C(=O)NCc2cccc(F)c2)Cn2nc(-c3ccco3)cc2C(=O)N1c1ccc(Cl)cc1. The van der Waals surface area contributed by atoms with E-state index in [0.29, 0.717) is 33.4 Å². The average Bonchev–Trinajstić information content (AvgIpc) is 3.49. The summed E-state index contributed by atoms with van der Waals surface area (Å²) >= 11 is 6.05. The number of aromatic nitrogens is 2. The molecule has 3 heterocycles. The lowest BCUT2D eigenvalue weighted by molar-refractivity contribution is -0.126.